The fourth-order valence-electron chi connectivity index (χ4n) is 7.74. The van der Waals surface area contributed by atoms with Crippen LogP contribution in [0.25, 0.3) is 0 Å². The third-order valence-electron chi connectivity index (χ3n) is 11.2. The van der Waals surface area contributed by atoms with Crippen LogP contribution in [0.15, 0.2) is 119 Å². The number of carbonyl (C=O) groups excluding carboxylic acids is 2. The van der Waals surface area contributed by atoms with Crippen molar-refractivity contribution in [3.8, 4) is 0 Å². The van der Waals surface area contributed by atoms with Gasteiger partial charge in [0, 0.05) is 26.2 Å². The number of nitrogens with one attached hydrogen (secondary N) is 1. The molecule has 18 nitrogen and oxygen atoms in total. The number of primary amides is 2. The topological polar surface area (TPSA) is 259 Å². The van der Waals surface area contributed by atoms with Crippen LogP contribution in [-0.4, -0.2) is 110 Å². The molecule has 63 heavy (non-hydrogen) atoms. The Bertz CT molecular complexity index is 2650. The molecule has 4 heterocycles. The SMILES string of the molecule is Cc1ccc(S(=O)(=O)N2CCC(c3ccccc3)(c3nn[nH]n3)CC2)cc1.Cc1ccc(S(=O)(=O)N2CCC(c3ccccc3)(c3nnn(CC(N)=O)n3)CC2)cc1.NC(=O)CCl. The summed E-state index contributed by atoms with van der Waals surface area (Å²) < 4.78 is 55.3. The van der Waals surface area contributed by atoms with Gasteiger partial charge in [-0.2, -0.15) is 18.6 Å². The molecule has 4 aromatic carbocycles. The molecule has 0 saturated carbocycles. The monoisotopic (exact) mass is 916 g/mol. The Morgan fingerprint density at radius 3 is 1.41 bits per heavy atom. The van der Waals surface area contributed by atoms with E-state index in [1.807, 2.05) is 86.6 Å². The zero-order valence-electron chi connectivity index (χ0n) is 34.8. The molecule has 2 saturated heterocycles. The quantitative estimate of drug-likeness (QED) is 0.158. The molecule has 6 aromatic rings. The molecule has 2 amide bonds. The fourth-order valence-corrected chi connectivity index (χ4v) is 10.6. The van der Waals surface area contributed by atoms with Crippen LogP contribution in [0.1, 0.15) is 59.6 Å². The van der Waals surface area contributed by atoms with Crippen molar-refractivity contribution in [1.82, 2.24) is 49.4 Å². The van der Waals surface area contributed by atoms with Crippen molar-refractivity contribution in [3.05, 3.63) is 143 Å². The zero-order valence-corrected chi connectivity index (χ0v) is 37.2. The van der Waals surface area contributed by atoms with E-state index in [0.29, 0.717) is 68.4 Å². The summed E-state index contributed by atoms with van der Waals surface area (Å²) in [5, 5.41) is 27.3. The number of tetrazole rings is 2. The number of halogens is 1. The number of nitrogens with two attached hydrogens (primary N) is 2. The number of rotatable bonds is 11. The van der Waals surface area contributed by atoms with Gasteiger partial charge < -0.3 is 11.5 Å². The number of nitrogens with zero attached hydrogens (tertiary/aromatic N) is 9. The summed E-state index contributed by atoms with van der Waals surface area (Å²) in [6.45, 7) is 5.14. The Morgan fingerprint density at radius 1 is 0.635 bits per heavy atom. The lowest BCUT2D eigenvalue weighted by atomic mass is 9.72. The Morgan fingerprint density at radius 2 is 1.05 bits per heavy atom. The maximum absolute atomic E-state index is 13.1. The highest BCUT2D eigenvalue weighted by Crippen LogP contribution is 2.42. The van der Waals surface area contributed by atoms with E-state index >= 15 is 0 Å². The molecule has 0 radical (unpaired) electrons. The van der Waals surface area contributed by atoms with Gasteiger partial charge in [-0.1, -0.05) is 101 Å². The highest BCUT2D eigenvalue weighted by Gasteiger charge is 2.45. The first-order chi connectivity index (χ1) is 30.1. The molecule has 0 spiro atoms. The van der Waals surface area contributed by atoms with Gasteiger partial charge >= 0.3 is 0 Å². The number of aromatic nitrogens is 8. The standard InChI is InChI=1S/C21H24N6O3S.C19H21N5O2S.C2H4ClNO/c1-16-7-9-18(10-8-16)31(29,30)26-13-11-21(12-14-26,17-5-3-2-4-6-17)20-23-25-27(24-20)15-19(22)28;1-15-7-9-17(10-8-15)27(25,26)24-13-11-19(12-14-24,18-20-22-23-21-18)16-5-3-2-4-6-16;3-1-2(4)5/h2-10H,11-15H2,1H3,(H2,22,28);2-10H,11-14H2,1H3,(H,20,21,22,23);1H2,(H2,4,5). The van der Waals surface area contributed by atoms with E-state index in [9.17, 15) is 26.4 Å². The van der Waals surface area contributed by atoms with E-state index in [1.54, 1.807) is 40.7 Å². The molecule has 332 valence electrons. The summed E-state index contributed by atoms with van der Waals surface area (Å²) in [4.78, 5) is 22.5. The van der Waals surface area contributed by atoms with E-state index in [1.165, 1.54) is 9.10 Å². The molecular weight excluding hydrogens is 868 g/mol. The zero-order chi connectivity index (χ0) is 45.3. The lowest BCUT2D eigenvalue weighted by Crippen LogP contribution is -2.46. The average molecular weight is 918 g/mol. The average Bonchev–Trinajstić information content (AvgIpc) is 4.02. The van der Waals surface area contributed by atoms with Gasteiger partial charge in [0.1, 0.15) is 12.4 Å². The Labute approximate surface area is 371 Å². The number of hydrogen-bond acceptors (Lipinski definition) is 12. The maximum atomic E-state index is 13.1. The molecular formula is C42H49ClN12O6S2. The molecule has 2 aromatic heterocycles. The van der Waals surface area contributed by atoms with E-state index in [2.05, 4.69) is 41.8 Å². The van der Waals surface area contributed by atoms with Crippen LogP contribution in [0.4, 0.5) is 0 Å². The van der Waals surface area contributed by atoms with Crippen LogP contribution in [0, 0.1) is 13.8 Å². The molecule has 2 aliphatic rings. The number of aryl methyl sites for hydroxylation is 2. The predicted molar refractivity (Wildman–Crippen MR) is 234 cm³/mol. The second-order valence-corrected chi connectivity index (χ2v) is 19.4. The lowest BCUT2D eigenvalue weighted by Gasteiger charge is -2.39. The van der Waals surface area contributed by atoms with Gasteiger partial charge in [0.15, 0.2) is 11.6 Å². The molecule has 0 bridgehead atoms. The van der Waals surface area contributed by atoms with Crippen LogP contribution in [0.3, 0.4) is 0 Å². The molecule has 5 N–H and O–H groups in total. The number of hydrogen-bond donors (Lipinski definition) is 3. The number of carbonyl (C=O) groups is 2. The third-order valence-corrected chi connectivity index (χ3v) is 15.3. The highest BCUT2D eigenvalue weighted by molar-refractivity contribution is 7.89. The van der Waals surface area contributed by atoms with Crippen molar-refractivity contribution >= 4 is 43.5 Å². The van der Waals surface area contributed by atoms with Crippen molar-refractivity contribution in [2.24, 2.45) is 11.5 Å². The fraction of sp³-hybridized carbons (Fsp3) is 0.333. The molecule has 0 unspecified atom stereocenters. The molecule has 2 aliphatic heterocycles. The van der Waals surface area contributed by atoms with Crippen molar-refractivity contribution < 1.29 is 26.4 Å². The lowest BCUT2D eigenvalue weighted by molar-refractivity contribution is -0.119. The number of alkyl halides is 1. The second kappa shape index (κ2) is 20.1. The maximum Gasteiger partial charge on any atom is 0.243 e. The summed E-state index contributed by atoms with van der Waals surface area (Å²) in [6.07, 6.45) is 2.18. The first kappa shape index (κ1) is 46.6. The first-order valence-corrected chi connectivity index (χ1v) is 23.4. The first-order valence-electron chi connectivity index (χ1n) is 20.0. The molecule has 0 aliphatic carbocycles. The minimum Gasteiger partial charge on any atom is -0.369 e. The van der Waals surface area contributed by atoms with Gasteiger partial charge in [-0.05, 0) is 80.1 Å². The van der Waals surface area contributed by atoms with Gasteiger partial charge in [-0.3, -0.25) is 9.59 Å². The van der Waals surface area contributed by atoms with Crippen LogP contribution in [0.2, 0.25) is 0 Å². The Kier molecular flexibility index (Phi) is 14.8. The largest absolute Gasteiger partial charge is 0.369 e. The molecule has 21 heteroatoms. The normalized spacial score (nSPS) is 16.4. The van der Waals surface area contributed by atoms with Gasteiger partial charge in [-0.25, -0.2) is 16.8 Å². The summed E-state index contributed by atoms with van der Waals surface area (Å²) in [6, 6.07) is 33.6. The van der Waals surface area contributed by atoms with E-state index in [-0.39, 0.29) is 17.3 Å². The number of H-pyrrole nitrogens is 1. The van der Waals surface area contributed by atoms with Crippen LogP contribution < -0.4 is 11.5 Å². The van der Waals surface area contributed by atoms with E-state index in [4.69, 9.17) is 17.3 Å². The van der Waals surface area contributed by atoms with Crippen molar-refractivity contribution in [1.29, 1.82) is 0 Å². The summed E-state index contributed by atoms with van der Waals surface area (Å²) in [5.74, 6) is -0.0446. The molecule has 0 atom stereocenters. The van der Waals surface area contributed by atoms with Gasteiger partial charge in [-0.15, -0.1) is 32.0 Å². The number of sulfonamides is 2. The minimum absolute atomic E-state index is 0.0833. The number of aromatic amines is 1. The van der Waals surface area contributed by atoms with Crippen LogP contribution in [-0.2, 0) is 47.0 Å². The van der Waals surface area contributed by atoms with Crippen LogP contribution >= 0.6 is 11.6 Å². The van der Waals surface area contributed by atoms with Gasteiger partial charge in [0.05, 0.1) is 20.6 Å². The highest BCUT2D eigenvalue weighted by atomic mass is 35.5. The molecule has 8 rings (SSSR count). The summed E-state index contributed by atoms with van der Waals surface area (Å²) in [5.41, 5.74) is 12.8. The third kappa shape index (κ3) is 10.6. The minimum atomic E-state index is -3.59. The summed E-state index contributed by atoms with van der Waals surface area (Å²) in [7, 11) is -7.10. The predicted octanol–water partition coefficient (Wildman–Crippen LogP) is 3.23. The van der Waals surface area contributed by atoms with E-state index < -0.39 is 42.7 Å². The smallest absolute Gasteiger partial charge is 0.243 e. The van der Waals surface area contributed by atoms with Gasteiger partial charge in [0.2, 0.25) is 31.9 Å². The second-order valence-electron chi connectivity index (χ2n) is 15.3. The Hall–Kier alpha value is -5.93. The summed E-state index contributed by atoms with van der Waals surface area (Å²) >= 11 is 4.86. The van der Waals surface area contributed by atoms with E-state index in [0.717, 1.165) is 22.3 Å². The van der Waals surface area contributed by atoms with Crippen LogP contribution in [0.5, 0.6) is 0 Å². The molecule has 2 fully saturated rings. The van der Waals surface area contributed by atoms with Crippen molar-refractivity contribution in [3.63, 3.8) is 0 Å². The number of amides is 2. The Balaban J connectivity index is 0.000000191. The number of benzene rings is 4. The van der Waals surface area contributed by atoms with Gasteiger partial charge in [0.25, 0.3) is 0 Å². The van der Waals surface area contributed by atoms with Crippen molar-refractivity contribution in [2.75, 3.05) is 32.1 Å². The number of piperidine rings is 2. The van der Waals surface area contributed by atoms with Crippen molar-refractivity contribution in [2.45, 2.75) is 66.7 Å².